The van der Waals surface area contributed by atoms with Crippen molar-refractivity contribution in [1.29, 1.82) is 0 Å². The fraction of sp³-hybridized carbons (Fsp3) is 0.933. The van der Waals surface area contributed by atoms with Crippen LogP contribution in [0.1, 0.15) is 38.5 Å². The Morgan fingerprint density at radius 3 is 2.65 bits per heavy atom. The summed E-state index contributed by atoms with van der Waals surface area (Å²) in [5.41, 5.74) is 5.31. The van der Waals surface area contributed by atoms with Crippen molar-refractivity contribution in [3.05, 3.63) is 0 Å². The van der Waals surface area contributed by atoms with E-state index >= 15 is 0 Å². The SMILES string of the molecule is COC1CCCN(CC(NC2CC2)(C(N)=O)C2CC2)C1. The topological polar surface area (TPSA) is 67.6 Å². The van der Waals surface area contributed by atoms with E-state index in [1.165, 1.54) is 12.8 Å². The molecule has 0 spiro atoms. The lowest BCUT2D eigenvalue weighted by Crippen LogP contribution is -2.64. The highest BCUT2D eigenvalue weighted by Gasteiger charge is 2.52. The van der Waals surface area contributed by atoms with Crippen LogP contribution in [0.3, 0.4) is 0 Å². The minimum atomic E-state index is -0.503. The van der Waals surface area contributed by atoms with E-state index in [1.807, 2.05) is 0 Å². The lowest BCUT2D eigenvalue weighted by Gasteiger charge is -2.40. The van der Waals surface area contributed by atoms with Crippen molar-refractivity contribution in [3.8, 4) is 0 Å². The van der Waals surface area contributed by atoms with Crippen LogP contribution in [0.25, 0.3) is 0 Å². The van der Waals surface area contributed by atoms with E-state index in [0.717, 1.165) is 45.3 Å². The molecule has 5 nitrogen and oxygen atoms in total. The maximum Gasteiger partial charge on any atom is 0.239 e. The predicted molar refractivity (Wildman–Crippen MR) is 77.3 cm³/mol. The van der Waals surface area contributed by atoms with E-state index in [0.29, 0.717) is 18.1 Å². The normalized spacial score (nSPS) is 30.9. The number of hydrogen-bond donors (Lipinski definition) is 2. The molecule has 0 bridgehead atoms. The van der Waals surface area contributed by atoms with Crippen molar-refractivity contribution < 1.29 is 9.53 Å². The van der Waals surface area contributed by atoms with E-state index in [-0.39, 0.29) is 5.91 Å². The zero-order valence-electron chi connectivity index (χ0n) is 12.4. The summed E-state index contributed by atoms with van der Waals surface area (Å²) in [5, 5.41) is 3.59. The first kappa shape index (κ1) is 14.3. The fourth-order valence-corrected chi connectivity index (χ4v) is 3.51. The number of rotatable bonds is 7. The van der Waals surface area contributed by atoms with Gasteiger partial charge in [0.1, 0.15) is 5.54 Å². The van der Waals surface area contributed by atoms with Gasteiger partial charge in [-0.15, -0.1) is 0 Å². The lowest BCUT2D eigenvalue weighted by atomic mass is 9.90. The second kappa shape index (κ2) is 5.62. The summed E-state index contributed by atoms with van der Waals surface area (Å²) in [7, 11) is 1.78. The molecular weight excluding hydrogens is 254 g/mol. The third-order valence-corrected chi connectivity index (χ3v) is 5.02. The Labute approximate surface area is 121 Å². The first-order valence-electron chi connectivity index (χ1n) is 7.97. The Morgan fingerprint density at radius 2 is 2.10 bits per heavy atom. The molecule has 0 radical (unpaired) electrons. The number of likely N-dealkylation sites (tertiary alicyclic amines) is 1. The van der Waals surface area contributed by atoms with E-state index in [1.54, 1.807) is 7.11 Å². The summed E-state index contributed by atoms with van der Waals surface area (Å²) < 4.78 is 5.49. The molecule has 2 aliphatic carbocycles. The van der Waals surface area contributed by atoms with E-state index in [9.17, 15) is 4.79 Å². The van der Waals surface area contributed by atoms with E-state index in [4.69, 9.17) is 10.5 Å². The first-order chi connectivity index (χ1) is 9.64. The smallest absolute Gasteiger partial charge is 0.239 e. The van der Waals surface area contributed by atoms with Gasteiger partial charge in [0.15, 0.2) is 0 Å². The Bertz CT molecular complexity index is 368. The monoisotopic (exact) mass is 281 g/mol. The molecule has 2 saturated carbocycles. The molecule has 0 aromatic heterocycles. The van der Waals surface area contributed by atoms with Crippen molar-refractivity contribution in [2.24, 2.45) is 11.7 Å². The van der Waals surface area contributed by atoms with Crippen molar-refractivity contribution in [2.75, 3.05) is 26.7 Å². The molecule has 5 heteroatoms. The number of nitrogens with two attached hydrogens (primary N) is 1. The molecule has 3 rings (SSSR count). The molecule has 2 atom stereocenters. The third kappa shape index (κ3) is 3.00. The van der Waals surface area contributed by atoms with Crippen LogP contribution < -0.4 is 11.1 Å². The predicted octanol–water partition coefficient (Wildman–Crippen LogP) is 0.483. The maximum atomic E-state index is 12.2. The van der Waals surface area contributed by atoms with E-state index in [2.05, 4.69) is 10.2 Å². The minimum absolute atomic E-state index is 0.161. The summed E-state index contributed by atoms with van der Waals surface area (Å²) in [6.07, 6.45) is 7.19. The molecule has 0 aromatic rings. The van der Waals surface area contributed by atoms with Gasteiger partial charge in [-0.25, -0.2) is 0 Å². The summed E-state index contributed by atoms with van der Waals surface area (Å²) in [4.78, 5) is 14.6. The second-order valence-electron chi connectivity index (χ2n) is 6.76. The number of nitrogens with zero attached hydrogens (tertiary/aromatic N) is 1. The summed E-state index contributed by atoms with van der Waals surface area (Å²) >= 11 is 0. The van der Waals surface area contributed by atoms with Gasteiger partial charge in [-0.2, -0.15) is 0 Å². The minimum Gasteiger partial charge on any atom is -0.380 e. The van der Waals surface area contributed by atoms with Crippen molar-refractivity contribution >= 4 is 5.91 Å². The van der Waals surface area contributed by atoms with Crippen LogP contribution in [0, 0.1) is 5.92 Å². The Kier molecular flexibility index (Phi) is 4.02. The largest absolute Gasteiger partial charge is 0.380 e. The second-order valence-corrected chi connectivity index (χ2v) is 6.76. The summed E-state index contributed by atoms with van der Waals surface area (Å²) in [5.74, 6) is 0.273. The number of carbonyl (C=O) groups is 1. The molecule has 3 N–H and O–H groups in total. The number of methoxy groups -OCH3 is 1. The lowest BCUT2D eigenvalue weighted by molar-refractivity contribution is -0.127. The highest BCUT2D eigenvalue weighted by atomic mass is 16.5. The average molecular weight is 281 g/mol. The van der Waals surface area contributed by atoms with Gasteiger partial charge in [0.2, 0.25) is 5.91 Å². The highest BCUT2D eigenvalue weighted by Crippen LogP contribution is 2.42. The number of ether oxygens (including phenoxy) is 1. The van der Waals surface area contributed by atoms with Gasteiger partial charge in [0.05, 0.1) is 6.10 Å². The van der Waals surface area contributed by atoms with E-state index < -0.39 is 5.54 Å². The zero-order valence-corrected chi connectivity index (χ0v) is 12.4. The molecule has 1 saturated heterocycles. The number of nitrogens with one attached hydrogen (secondary N) is 1. The van der Waals surface area contributed by atoms with Gasteiger partial charge >= 0.3 is 0 Å². The molecule has 3 fully saturated rings. The van der Waals surface area contributed by atoms with Crippen LogP contribution in [0.15, 0.2) is 0 Å². The fourth-order valence-electron chi connectivity index (χ4n) is 3.51. The number of primary amides is 1. The summed E-state index contributed by atoms with van der Waals surface area (Å²) in [6, 6.07) is 0.506. The Balaban J connectivity index is 1.69. The van der Waals surface area contributed by atoms with Crippen LogP contribution in [0.2, 0.25) is 0 Å². The standard InChI is InChI=1S/C15H27N3O2/c1-20-13-3-2-8-18(9-13)10-15(14(16)19,11-4-5-11)17-12-6-7-12/h11-13,17H,2-10H2,1H3,(H2,16,19). The third-order valence-electron chi connectivity index (χ3n) is 5.02. The molecule has 2 unspecified atom stereocenters. The number of carbonyl (C=O) groups excluding carboxylic acids is 1. The molecule has 1 aliphatic heterocycles. The van der Waals surface area contributed by atoms with Crippen molar-refractivity contribution in [1.82, 2.24) is 10.2 Å². The summed E-state index contributed by atoms with van der Waals surface area (Å²) in [6.45, 7) is 2.72. The Hall–Kier alpha value is -0.650. The average Bonchev–Trinajstić information content (AvgIpc) is 3.30. The molecular formula is C15H27N3O2. The highest BCUT2D eigenvalue weighted by molar-refractivity contribution is 5.86. The van der Waals surface area contributed by atoms with Crippen LogP contribution in [0.4, 0.5) is 0 Å². The van der Waals surface area contributed by atoms with Gasteiger partial charge in [0, 0.05) is 26.2 Å². The number of hydrogen-bond acceptors (Lipinski definition) is 4. The first-order valence-corrected chi connectivity index (χ1v) is 7.97. The van der Waals surface area contributed by atoms with Crippen LogP contribution >= 0.6 is 0 Å². The molecule has 1 heterocycles. The van der Waals surface area contributed by atoms with Gasteiger partial charge in [-0.1, -0.05) is 0 Å². The molecule has 114 valence electrons. The van der Waals surface area contributed by atoms with Crippen LogP contribution in [-0.4, -0.2) is 55.2 Å². The quantitative estimate of drug-likeness (QED) is 0.712. The zero-order chi connectivity index (χ0) is 14.2. The number of piperidine rings is 1. The molecule has 20 heavy (non-hydrogen) atoms. The Morgan fingerprint density at radius 1 is 1.35 bits per heavy atom. The van der Waals surface area contributed by atoms with Crippen LogP contribution in [0.5, 0.6) is 0 Å². The van der Waals surface area contributed by atoms with Gasteiger partial charge in [-0.05, 0) is 51.0 Å². The van der Waals surface area contributed by atoms with Crippen LogP contribution in [-0.2, 0) is 9.53 Å². The molecule has 1 amide bonds. The van der Waals surface area contributed by atoms with Crippen molar-refractivity contribution in [2.45, 2.75) is 56.2 Å². The molecule has 3 aliphatic rings. The number of amides is 1. The maximum absolute atomic E-state index is 12.2. The van der Waals surface area contributed by atoms with Gasteiger partial charge in [0.25, 0.3) is 0 Å². The van der Waals surface area contributed by atoms with Gasteiger partial charge < -0.3 is 10.5 Å². The molecule has 0 aromatic carbocycles. The van der Waals surface area contributed by atoms with Gasteiger partial charge in [-0.3, -0.25) is 15.0 Å². The van der Waals surface area contributed by atoms with Crippen molar-refractivity contribution in [3.63, 3.8) is 0 Å².